The van der Waals surface area contributed by atoms with Crippen molar-refractivity contribution in [2.45, 2.75) is 20.0 Å². The van der Waals surface area contributed by atoms with Gasteiger partial charge in [-0.25, -0.2) is 4.79 Å². The monoisotopic (exact) mass is 311 g/mol. The van der Waals surface area contributed by atoms with Crippen molar-refractivity contribution in [3.8, 4) is 0 Å². The summed E-state index contributed by atoms with van der Waals surface area (Å²) in [6.45, 7) is 2.92. The van der Waals surface area contributed by atoms with Gasteiger partial charge in [-0.2, -0.15) is 0 Å². The highest BCUT2D eigenvalue weighted by atomic mass is 16.2. The summed E-state index contributed by atoms with van der Waals surface area (Å²) in [6, 6.07) is 14.9. The van der Waals surface area contributed by atoms with Gasteiger partial charge in [0.25, 0.3) is 5.91 Å². The molecule has 23 heavy (non-hydrogen) atoms. The number of carbonyl (C=O) groups excluding carboxylic acids is 2. The Kier molecular flexibility index (Phi) is 5.74. The van der Waals surface area contributed by atoms with Crippen molar-refractivity contribution in [2.75, 3.05) is 7.05 Å². The van der Waals surface area contributed by atoms with Gasteiger partial charge in [0.2, 0.25) is 0 Å². The number of benzene rings is 2. The SMILES string of the molecule is CNC(=O)c1ccc(CNC(=O)NCc2cccc(C)c2)cc1. The summed E-state index contributed by atoms with van der Waals surface area (Å²) < 4.78 is 0. The molecule has 0 saturated carbocycles. The Balaban J connectivity index is 1.79. The van der Waals surface area contributed by atoms with E-state index < -0.39 is 0 Å². The second-order valence-electron chi connectivity index (χ2n) is 5.30. The Morgan fingerprint density at radius 3 is 2.17 bits per heavy atom. The molecule has 0 spiro atoms. The van der Waals surface area contributed by atoms with Crippen LogP contribution in [0.5, 0.6) is 0 Å². The minimum Gasteiger partial charge on any atom is -0.355 e. The summed E-state index contributed by atoms with van der Waals surface area (Å²) >= 11 is 0. The third-order valence-electron chi connectivity index (χ3n) is 3.43. The number of urea groups is 1. The molecule has 5 nitrogen and oxygen atoms in total. The zero-order valence-electron chi connectivity index (χ0n) is 13.3. The normalized spacial score (nSPS) is 10.0. The summed E-state index contributed by atoms with van der Waals surface area (Å²) in [5.74, 6) is -0.125. The molecule has 0 unspecified atom stereocenters. The first-order chi connectivity index (χ1) is 11.1. The van der Waals surface area contributed by atoms with Crippen molar-refractivity contribution in [2.24, 2.45) is 0 Å². The number of nitrogens with one attached hydrogen (secondary N) is 3. The van der Waals surface area contributed by atoms with E-state index in [2.05, 4.69) is 16.0 Å². The van der Waals surface area contributed by atoms with Crippen molar-refractivity contribution >= 4 is 11.9 Å². The fraction of sp³-hybridized carbons (Fsp3) is 0.222. The van der Waals surface area contributed by atoms with Gasteiger partial charge in [-0.3, -0.25) is 4.79 Å². The van der Waals surface area contributed by atoms with Crippen LogP contribution in [-0.4, -0.2) is 19.0 Å². The van der Waals surface area contributed by atoms with E-state index in [0.717, 1.165) is 11.1 Å². The summed E-state index contributed by atoms with van der Waals surface area (Å²) in [5.41, 5.74) is 3.76. The molecule has 0 aliphatic carbocycles. The molecule has 120 valence electrons. The third kappa shape index (κ3) is 5.14. The first-order valence-corrected chi connectivity index (χ1v) is 7.47. The van der Waals surface area contributed by atoms with Gasteiger partial charge in [-0.1, -0.05) is 42.0 Å². The molecule has 0 aromatic heterocycles. The molecule has 0 saturated heterocycles. The third-order valence-corrected chi connectivity index (χ3v) is 3.43. The van der Waals surface area contributed by atoms with Crippen LogP contribution >= 0.6 is 0 Å². The lowest BCUT2D eigenvalue weighted by molar-refractivity contribution is 0.0963. The lowest BCUT2D eigenvalue weighted by Crippen LogP contribution is -2.34. The number of aryl methyl sites for hydroxylation is 1. The maximum atomic E-state index is 11.8. The van der Waals surface area contributed by atoms with Crippen LogP contribution in [0.3, 0.4) is 0 Å². The van der Waals surface area contributed by atoms with Crippen LogP contribution in [0.1, 0.15) is 27.0 Å². The van der Waals surface area contributed by atoms with Gasteiger partial charge in [0.05, 0.1) is 0 Å². The molecule has 0 bridgehead atoms. The van der Waals surface area contributed by atoms with E-state index in [9.17, 15) is 9.59 Å². The number of amides is 3. The van der Waals surface area contributed by atoms with Crippen molar-refractivity contribution in [3.63, 3.8) is 0 Å². The number of rotatable bonds is 5. The molecule has 2 rings (SSSR count). The van der Waals surface area contributed by atoms with E-state index in [1.54, 1.807) is 19.2 Å². The molecule has 3 amide bonds. The van der Waals surface area contributed by atoms with Gasteiger partial charge in [0.1, 0.15) is 0 Å². The van der Waals surface area contributed by atoms with Crippen LogP contribution in [-0.2, 0) is 13.1 Å². The first-order valence-electron chi connectivity index (χ1n) is 7.47. The molecule has 0 fully saturated rings. The van der Waals surface area contributed by atoms with Gasteiger partial charge in [0, 0.05) is 25.7 Å². The molecule has 0 atom stereocenters. The largest absolute Gasteiger partial charge is 0.355 e. The second kappa shape index (κ2) is 7.98. The average Bonchev–Trinajstić information content (AvgIpc) is 2.58. The summed E-state index contributed by atoms with van der Waals surface area (Å²) in [6.07, 6.45) is 0. The smallest absolute Gasteiger partial charge is 0.315 e. The minimum atomic E-state index is -0.220. The van der Waals surface area contributed by atoms with Crippen molar-refractivity contribution in [3.05, 3.63) is 70.8 Å². The van der Waals surface area contributed by atoms with E-state index in [-0.39, 0.29) is 11.9 Å². The molecule has 2 aromatic carbocycles. The summed E-state index contributed by atoms with van der Waals surface area (Å²) in [5, 5.41) is 8.19. The molecule has 0 aliphatic heterocycles. The van der Waals surface area contributed by atoms with Gasteiger partial charge >= 0.3 is 6.03 Å². The average molecular weight is 311 g/mol. The quantitative estimate of drug-likeness (QED) is 0.793. The molecule has 0 aliphatic rings. The Bertz CT molecular complexity index is 681. The number of carbonyl (C=O) groups is 2. The highest BCUT2D eigenvalue weighted by Gasteiger charge is 2.04. The van der Waals surface area contributed by atoms with E-state index in [0.29, 0.717) is 18.7 Å². The van der Waals surface area contributed by atoms with Crippen LogP contribution in [0, 0.1) is 6.92 Å². The lowest BCUT2D eigenvalue weighted by Gasteiger charge is -2.09. The van der Waals surface area contributed by atoms with E-state index >= 15 is 0 Å². The lowest BCUT2D eigenvalue weighted by atomic mass is 10.1. The molecule has 3 N–H and O–H groups in total. The fourth-order valence-corrected chi connectivity index (χ4v) is 2.17. The predicted molar refractivity (Wildman–Crippen MR) is 90.1 cm³/mol. The van der Waals surface area contributed by atoms with Gasteiger partial charge < -0.3 is 16.0 Å². The van der Waals surface area contributed by atoms with Crippen molar-refractivity contribution in [1.29, 1.82) is 0 Å². The van der Waals surface area contributed by atoms with Crippen LogP contribution in [0.4, 0.5) is 4.79 Å². The molecule has 5 heteroatoms. The summed E-state index contributed by atoms with van der Waals surface area (Å²) in [4.78, 5) is 23.3. The molecule has 0 radical (unpaired) electrons. The maximum absolute atomic E-state index is 11.8. The standard InChI is InChI=1S/C18H21N3O2/c1-13-4-3-5-15(10-13)12-21-18(23)20-11-14-6-8-16(9-7-14)17(22)19-2/h3-10H,11-12H2,1-2H3,(H,19,22)(H2,20,21,23). The van der Waals surface area contributed by atoms with Gasteiger partial charge in [-0.15, -0.1) is 0 Å². The second-order valence-corrected chi connectivity index (χ2v) is 5.30. The Hall–Kier alpha value is -2.82. The Morgan fingerprint density at radius 2 is 1.57 bits per heavy atom. The molecule has 2 aromatic rings. The van der Waals surface area contributed by atoms with Crippen molar-refractivity contribution < 1.29 is 9.59 Å². The van der Waals surface area contributed by atoms with E-state index in [1.807, 2.05) is 43.3 Å². The highest BCUT2D eigenvalue weighted by Crippen LogP contribution is 2.05. The Labute approximate surface area is 136 Å². The number of hydrogen-bond donors (Lipinski definition) is 3. The zero-order chi connectivity index (χ0) is 16.7. The van der Waals surface area contributed by atoms with Gasteiger partial charge in [0.15, 0.2) is 0 Å². The van der Waals surface area contributed by atoms with E-state index in [4.69, 9.17) is 0 Å². The molecule has 0 heterocycles. The number of hydrogen-bond acceptors (Lipinski definition) is 2. The molecular formula is C18H21N3O2. The van der Waals surface area contributed by atoms with Crippen LogP contribution in [0.2, 0.25) is 0 Å². The fourth-order valence-electron chi connectivity index (χ4n) is 2.17. The van der Waals surface area contributed by atoms with Crippen molar-refractivity contribution in [1.82, 2.24) is 16.0 Å². The minimum absolute atomic E-state index is 0.125. The first kappa shape index (κ1) is 16.5. The van der Waals surface area contributed by atoms with Gasteiger partial charge in [-0.05, 0) is 30.2 Å². The maximum Gasteiger partial charge on any atom is 0.315 e. The van der Waals surface area contributed by atoms with Crippen LogP contribution in [0.25, 0.3) is 0 Å². The van der Waals surface area contributed by atoms with Crippen LogP contribution in [0.15, 0.2) is 48.5 Å². The summed E-state index contributed by atoms with van der Waals surface area (Å²) in [7, 11) is 1.59. The topological polar surface area (TPSA) is 70.2 Å². The van der Waals surface area contributed by atoms with E-state index in [1.165, 1.54) is 5.56 Å². The molecular weight excluding hydrogens is 290 g/mol. The zero-order valence-corrected chi connectivity index (χ0v) is 13.3. The predicted octanol–water partition coefficient (Wildman–Crippen LogP) is 2.35. The van der Waals surface area contributed by atoms with Crippen LogP contribution < -0.4 is 16.0 Å². The highest BCUT2D eigenvalue weighted by molar-refractivity contribution is 5.93. The Morgan fingerprint density at radius 1 is 0.913 bits per heavy atom.